The third-order valence-corrected chi connectivity index (χ3v) is 5.17. The average Bonchev–Trinajstić information content (AvgIpc) is 2.96. The van der Waals surface area contributed by atoms with Crippen molar-refractivity contribution in [2.24, 2.45) is 5.41 Å². The predicted molar refractivity (Wildman–Crippen MR) is 75.2 cm³/mol. The normalized spacial score (nSPS) is 23.4. The van der Waals surface area contributed by atoms with E-state index < -0.39 is 0 Å². The van der Waals surface area contributed by atoms with E-state index in [0.717, 1.165) is 37.6 Å². The Hall–Kier alpha value is -2.25. The number of rotatable bonds is 2. The highest BCUT2D eigenvalue weighted by Gasteiger charge is 2.55. The number of carbonyl (C=O) groups excluding carboxylic acids is 1. The number of nitrogens with one attached hydrogen (secondary N) is 1. The van der Waals surface area contributed by atoms with Crippen LogP contribution in [-0.2, 0) is 0 Å². The quantitative estimate of drug-likeness (QED) is 0.897. The number of amides is 1. The molecule has 22 heavy (non-hydrogen) atoms. The summed E-state index contributed by atoms with van der Waals surface area (Å²) >= 11 is 0. The number of hydrogen-bond donors (Lipinski definition) is 1. The van der Waals surface area contributed by atoms with Gasteiger partial charge in [-0.05, 0) is 25.7 Å². The van der Waals surface area contributed by atoms with Crippen LogP contribution in [0.15, 0.2) is 12.7 Å². The summed E-state index contributed by atoms with van der Waals surface area (Å²) in [6, 6.07) is -0.0812. The molecule has 114 valence electrons. The zero-order valence-corrected chi connectivity index (χ0v) is 12.1. The molecular formula is C14H17N7O. The van der Waals surface area contributed by atoms with Crippen LogP contribution in [0.3, 0.4) is 0 Å². The second kappa shape index (κ2) is 4.15. The van der Waals surface area contributed by atoms with Crippen molar-refractivity contribution in [1.29, 1.82) is 0 Å². The van der Waals surface area contributed by atoms with Crippen LogP contribution in [0.1, 0.15) is 49.2 Å². The van der Waals surface area contributed by atoms with E-state index in [0.29, 0.717) is 11.8 Å². The van der Waals surface area contributed by atoms with Gasteiger partial charge in [-0.1, -0.05) is 0 Å². The van der Waals surface area contributed by atoms with Gasteiger partial charge in [-0.25, -0.2) is 9.78 Å². The van der Waals surface area contributed by atoms with Gasteiger partial charge in [-0.2, -0.15) is 9.78 Å². The van der Waals surface area contributed by atoms with Crippen LogP contribution < -0.4 is 0 Å². The number of aromatic amines is 1. The molecule has 3 fully saturated rings. The van der Waals surface area contributed by atoms with Gasteiger partial charge in [0.25, 0.3) is 0 Å². The molecule has 1 aliphatic heterocycles. The molecular weight excluding hydrogens is 282 g/mol. The van der Waals surface area contributed by atoms with Crippen LogP contribution in [0.2, 0.25) is 0 Å². The number of nitrogens with zero attached hydrogens (tertiary/aromatic N) is 6. The molecule has 3 heterocycles. The first-order chi connectivity index (χ1) is 10.7. The maximum Gasteiger partial charge on any atom is 0.346 e. The molecule has 2 aromatic heterocycles. The first kappa shape index (κ1) is 12.3. The molecule has 0 unspecified atom stereocenters. The summed E-state index contributed by atoms with van der Waals surface area (Å²) < 4.78 is 1.29. The van der Waals surface area contributed by atoms with Crippen molar-refractivity contribution in [1.82, 2.24) is 34.8 Å². The Kier molecular flexibility index (Phi) is 2.32. The Morgan fingerprint density at radius 1 is 1.18 bits per heavy atom. The summed E-state index contributed by atoms with van der Waals surface area (Å²) in [6.45, 7) is 1.62. The summed E-state index contributed by atoms with van der Waals surface area (Å²) in [7, 11) is 0. The standard InChI is InChI=1S/C14H17N7O/c22-13(21-8-15-7-16-21)20-5-14(6-20)3-10(4-14)12-17-11(18-19-12)9-1-2-9/h7-10H,1-6H2,(H,17,18,19). The highest BCUT2D eigenvalue weighted by molar-refractivity contribution is 5.76. The molecule has 8 nitrogen and oxygen atoms in total. The Balaban J connectivity index is 1.19. The molecule has 1 saturated heterocycles. The van der Waals surface area contributed by atoms with E-state index in [1.807, 2.05) is 4.90 Å². The highest BCUT2D eigenvalue weighted by Crippen LogP contribution is 2.55. The molecule has 3 aliphatic rings. The second-order valence-electron chi connectivity index (χ2n) is 6.95. The van der Waals surface area contributed by atoms with Gasteiger partial charge < -0.3 is 9.88 Å². The summed E-state index contributed by atoms with van der Waals surface area (Å²) in [5.41, 5.74) is 0.285. The zero-order valence-electron chi connectivity index (χ0n) is 12.1. The van der Waals surface area contributed by atoms with Gasteiger partial charge in [-0.15, -0.1) is 10.2 Å². The molecule has 2 aliphatic carbocycles. The Labute approximate surface area is 126 Å². The minimum absolute atomic E-state index is 0.0812. The Morgan fingerprint density at radius 2 is 1.91 bits per heavy atom. The second-order valence-corrected chi connectivity index (χ2v) is 6.95. The van der Waals surface area contributed by atoms with E-state index in [9.17, 15) is 4.79 Å². The summed E-state index contributed by atoms with van der Waals surface area (Å²) in [5, 5.41) is 12.5. The van der Waals surface area contributed by atoms with E-state index in [4.69, 9.17) is 0 Å². The molecule has 2 aromatic rings. The van der Waals surface area contributed by atoms with Crippen LogP contribution in [0.4, 0.5) is 4.79 Å². The van der Waals surface area contributed by atoms with Gasteiger partial charge in [0.05, 0.1) is 0 Å². The van der Waals surface area contributed by atoms with E-state index in [1.165, 1.54) is 30.2 Å². The molecule has 0 aromatic carbocycles. The number of hydrogen-bond acceptors (Lipinski definition) is 5. The van der Waals surface area contributed by atoms with Crippen molar-refractivity contribution in [3.63, 3.8) is 0 Å². The maximum absolute atomic E-state index is 12.1. The first-order valence-electron chi connectivity index (χ1n) is 7.79. The molecule has 5 rings (SSSR count). The van der Waals surface area contributed by atoms with E-state index in [1.54, 1.807) is 0 Å². The van der Waals surface area contributed by atoms with Gasteiger partial charge in [-0.3, -0.25) is 0 Å². The van der Waals surface area contributed by atoms with Crippen molar-refractivity contribution in [3.05, 3.63) is 24.3 Å². The van der Waals surface area contributed by atoms with Gasteiger partial charge in [0.1, 0.15) is 24.3 Å². The highest BCUT2D eigenvalue weighted by atomic mass is 16.2. The van der Waals surface area contributed by atoms with E-state index >= 15 is 0 Å². The SMILES string of the molecule is O=C(N1CC2(CC(c3nnc(C4CC4)[nH]3)C2)C1)n1cncn1. The van der Waals surface area contributed by atoms with Gasteiger partial charge in [0.2, 0.25) is 0 Å². The molecule has 1 amide bonds. The third kappa shape index (κ3) is 1.79. The van der Waals surface area contributed by atoms with E-state index in [-0.39, 0.29) is 11.4 Å². The van der Waals surface area contributed by atoms with Crippen molar-refractivity contribution >= 4 is 6.03 Å². The van der Waals surface area contributed by atoms with Gasteiger partial charge >= 0.3 is 6.03 Å². The average molecular weight is 299 g/mol. The van der Waals surface area contributed by atoms with Crippen LogP contribution in [-0.4, -0.2) is 54.0 Å². The van der Waals surface area contributed by atoms with Crippen molar-refractivity contribution in [3.8, 4) is 0 Å². The number of H-pyrrole nitrogens is 1. The number of carbonyl (C=O) groups is 1. The molecule has 2 saturated carbocycles. The van der Waals surface area contributed by atoms with Crippen LogP contribution in [0.25, 0.3) is 0 Å². The van der Waals surface area contributed by atoms with Crippen LogP contribution in [0, 0.1) is 5.41 Å². The first-order valence-corrected chi connectivity index (χ1v) is 7.79. The monoisotopic (exact) mass is 299 g/mol. The minimum atomic E-state index is -0.0812. The lowest BCUT2D eigenvalue weighted by atomic mass is 9.57. The summed E-state index contributed by atoms with van der Waals surface area (Å²) in [5.74, 6) is 3.19. The number of aromatic nitrogens is 6. The lowest BCUT2D eigenvalue weighted by Crippen LogP contribution is -2.64. The largest absolute Gasteiger partial charge is 0.346 e. The van der Waals surface area contributed by atoms with Crippen molar-refractivity contribution in [2.75, 3.05) is 13.1 Å². The fourth-order valence-corrected chi connectivity index (χ4v) is 3.80. The molecule has 0 atom stereocenters. The maximum atomic E-state index is 12.1. The van der Waals surface area contributed by atoms with Gasteiger partial charge in [0, 0.05) is 30.3 Å². The summed E-state index contributed by atoms with van der Waals surface area (Å²) in [6.07, 6.45) is 7.49. The van der Waals surface area contributed by atoms with E-state index in [2.05, 4.69) is 25.3 Å². The van der Waals surface area contributed by atoms with Gasteiger partial charge in [0.15, 0.2) is 0 Å². The predicted octanol–water partition coefficient (Wildman–Crippen LogP) is 1.12. The fraction of sp³-hybridized carbons (Fsp3) is 0.643. The lowest BCUT2D eigenvalue weighted by Gasteiger charge is -2.58. The van der Waals surface area contributed by atoms with Crippen molar-refractivity contribution in [2.45, 2.75) is 37.5 Å². The van der Waals surface area contributed by atoms with Crippen molar-refractivity contribution < 1.29 is 4.79 Å². The molecule has 0 bridgehead atoms. The number of likely N-dealkylation sites (tertiary alicyclic amines) is 1. The Morgan fingerprint density at radius 3 is 2.55 bits per heavy atom. The minimum Gasteiger partial charge on any atom is -0.328 e. The topological polar surface area (TPSA) is 92.6 Å². The van der Waals surface area contributed by atoms with Crippen LogP contribution in [0.5, 0.6) is 0 Å². The Bertz CT molecular complexity index is 703. The lowest BCUT2D eigenvalue weighted by molar-refractivity contribution is -0.0493. The summed E-state index contributed by atoms with van der Waals surface area (Å²) in [4.78, 5) is 21.2. The fourth-order valence-electron chi connectivity index (χ4n) is 3.80. The molecule has 1 N–H and O–H groups in total. The smallest absolute Gasteiger partial charge is 0.328 e. The molecule has 0 radical (unpaired) electrons. The van der Waals surface area contributed by atoms with Crippen LogP contribution >= 0.6 is 0 Å². The third-order valence-electron chi connectivity index (χ3n) is 5.17. The molecule has 1 spiro atoms. The molecule has 8 heteroatoms. The zero-order chi connectivity index (χ0) is 14.7.